The Morgan fingerprint density at radius 3 is 2.55 bits per heavy atom. The molecule has 9 heteroatoms. The van der Waals surface area contributed by atoms with E-state index in [0.717, 1.165) is 43.0 Å². The highest BCUT2D eigenvalue weighted by molar-refractivity contribution is 5.94. The molecular formula is C22H31N5O4. The monoisotopic (exact) mass is 429 g/mol. The van der Waals surface area contributed by atoms with Crippen molar-refractivity contribution < 1.29 is 19.1 Å². The third kappa shape index (κ3) is 6.05. The Bertz CT molecular complexity index is 875. The molecule has 0 saturated carbocycles. The molecule has 1 saturated heterocycles. The van der Waals surface area contributed by atoms with Crippen molar-refractivity contribution in [2.45, 2.75) is 20.8 Å². The van der Waals surface area contributed by atoms with Crippen LogP contribution in [0, 0.1) is 13.8 Å². The van der Waals surface area contributed by atoms with Gasteiger partial charge >= 0.3 is 12.0 Å². The Labute approximate surface area is 182 Å². The van der Waals surface area contributed by atoms with Crippen LogP contribution in [0.15, 0.2) is 29.5 Å². The number of amides is 3. The zero-order chi connectivity index (χ0) is 22.4. The predicted molar refractivity (Wildman–Crippen MR) is 118 cm³/mol. The number of piperazine rings is 1. The van der Waals surface area contributed by atoms with Gasteiger partial charge in [-0.1, -0.05) is 12.1 Å². The van der Waals surface area contributed by atoms with E-state index >= 15 is 0 Å². The SMILES string of the molecule is CCOC(=O)C1=C(CN2CCN(CC(=O)Nc3cccc(C)c3C)CC2)NC(=O)NC1. The number of rotatable bonds is 7. The second kappa shape index (κ2) is 10.4. The molecule has 3 N–H and O–H groups in total. The van der Waals surface area contributed by atoms with Gasteiger partial charge < -0.3 is 20.7 Å². The van der Waals surface area contributed by atoms with E-state index in [2.05, 4.69) is 25.8 Å². The van der Waals surface area contributed by atoms with Gasteiger partial charge in [0.1, 0.15) is 0 Å². The maximum Gasteiger partial charge on any atom is 0.337 e. The second-order valence-electron chi connectivity index (χ2n) is 7.83. The summed E-state index contributed by atoms with van der Waals surface area (Å²) in [7, 11) is 0. The van der Waals surface area contributed by atoms with E-state index in [1.165, 1.54) is 0 Å². The smallest absolute Gasteiger partial charge is 0.337 e. The zero-order valence-corrected chi connectivity index (χ0v) is 18.4. The van der Waals surface area contributed by atoms with Gasteiger partial charge in [0.15, 0.2) is 0 Å². The fourth-order valence-corrected chi connectivity index (χ4v) is 3.69. The summed E-state index contributed by atoms with van der Waals surface area (Å²) < 4.78 is 5.10. The van der Waals surface area contributed by atoms with Gasteiger partial charge in [-0.3, -0.25) is 14.6 Å². The van der Waals surface area contributed by atoms with E-state index in [9.17, 15) is 14.4 Å². The summed E-state index contributed by atoms with van der Waals surface area (Å²) in [6.07, 6.45) is 0. The van der Waals surface area contributed by atoms with Crippen LogP contribution < -0.4 is 16.0 Å². The predicted octanol–water partition coefficient (Wildman–Crippen LogP) is 0.990. The van der Waals surface area contributed by atoms with Gasteiger partial charge in [-0.05, 0) is 38.0 Å². The highest BCUT2D eigenvalue weighted by Crippen LogP contribution is 2.18. The average molecular weight is 430 g/mol. The summed E-state index contributed by atoms with van der Waals surface area (Å²) in [6, 6.07) is 5.57. The molecule has 2 heterocycles. The molecule has 1 fully saturated rings. The first-order valence-corrected chi connectivity index (χ1v) is 10.6. The minimum absolute atomic E-state index is 0.0277. The molecule has 3 rings (SSSR count). The minimum atomic E-state index is -0.410. The molecule has 0 spiro atoms. The van der Waals surface area contributed by atoms with Crippen LogP contribution in [0.3, 0.4) is 0 Å². The number of hydrogen-bond donors (Lipinski definition) is 3. The Hall–Kier alpha value is -2.91. The van der Waals surface area contributed by atoms with Crippen molar-refractivity contribution in [2.24, 2.45) is 0 Å². The number of carbonyl (C=O) groups is 3. The van der Waals surface area contributed by atoms with E-state index in [0.29, 0.717) is 24.4 Å². The van der Waals surface area contributed by atoms with Gasteiger partial charge in [0.05, 0.1) is 25.3 Å². The van der Waals surface area contributed by atoms with Crippen molar-refractivity contribution in [2.75, 3.05) is 57.7 Å². The Kier molecular flexibility index (Phi) is 7.64. The number of nitrogens with zero attached hydrogens (tertiary/aromatic N) is 2. The lowest BCUT2D eigenvalue weighted by Gasteiger charge is -2.35. The number of esters is 1. The minimum Gasteiger partial charge on any atom is -0.463 e. The summed E-state index contributed by atoms with van der Waals surface area (Å²) in [5.74, 6) is -0.438. The van der Waals surface area contributed by atoms with Gasteiger partial charge in [-0.2, -0.15) is 0 Å². The Balaban J connectivity index is 1.51. The molecule has 0 radical (unpaired) electrons. The topological polar surface area (TPSA) is 103 Å². The fraction of sp³-hybridized carbons (Fsp3) is 0.500. The molecule has 9 nitrogen and oxygen atoms in total. The lowest BCUT2D eigenvalue weighted by molar-refractivity contribution is -0.138. The van der Waals surface area contributed by atoms with Crippen LogP contribution in [0.1, 0.15) is 18.1 Å². The molecule has 0 atom stereocenters. The molecule has 31 heavy (non-hydrogen) atoms. The first-order chi connectivity index (χ1) is 14.9. The first kappa shape index (κ1) is 22.8. The molecule has 2 aliphatic rings. The van der Waals surface area contributed by atoms with Gasteiger partial charge in [-0.15, -0.1) is 0 Å². The molecule has 0 bridgehead atoms. The fourth-order valence-electron chi connectivity index (χ4n) is 3.69. The van der Waals surface area contributed by atoms with Gasteiger partial charge in [0, 0.05) is 44.1 Å². The lowest BCUT2D eigenvalue weighted by Crippen LogP contribution is -2.52. The highest BCUT2D eigenvalue weighted by atomic mass is 16.5. The largest absolute Gasteiger partial charge is 0.463 e. The molecule has 0 unspecified atom stereocenters. The van der Waals surface area contributed by atoms with Crippen LogP contribution in [-0.4, -0.2) is 80.1 Å². The number of ether oxygens (including phenoxy) is 1. The quantitative estimate of drug-likeness (QED) is 0.559. The molecular weight excluding hydrogens is 398 g/mol. The van der Waals surface area contributed by atoms with Crippen molar-refractivity contribution in [1.82, 2.24) is 20.4 Å². The molecule has 3 amide bonds. The summed E-state index contributed by atoms with van der Waals surface area (Å²) in [6.45, 7) is 9.96. The van der Waals surface area contributed by atoms with Crippen molar-refractivity contribution in [1.29, 1.82) is 0 Å². The van der Waals surface area contributed by atoms with E-state index in [4.69, 9.17) is 4.74 Å². The number of carbonyl (C=O) groups excluding carboxylic acids is 3. The third-order valence-corrected chi connectivity index (χ3v) is 5.67. The molecule has 1 aromatic carbocycles. The van der Waals surface area contributed by atoms with Gasteiger partial charge in [-0.25, -0.2) is 9.59 Å². The van der Waals surface area contributed by atoms with Crippen molar-refractivity contribution >= 4 is 23.6 Å². The number of aryl methyl sites for hydroxylation is 1. The van der Waals surface area contributed by atoms with E-state index in [-0.39, 0.29) is 25.1 Å². The normalized spacial score (nSPS) is 17.7. The van der Waals surface area contributed by atoms with E-state index in [1.807, 2.05) is 32.0 Å². The van der Waals surface area contributed by atoms with Crippen LogP contribution in [0.2, 0.25) is 0 Å². The molecule has 0 aromatic heterocycles. The number of urea groups is 1. The van der Waals surface area contributed by atoms with Crippen molar-refractivity contribution in [3.63, 3.8) is 0 Å². The molecule has 2 aliphatic heterocycles. The number of nitrogens with one attached hydrogen (secondary N) is 3. The number of hydrogen-bond acceptors (Lipinski definition) is 6. The molecule has 0 aliphatic carbocycles. The maximum atomic E-state index is 12.5. The van der Waals surface area contributed by atoms with Gasteiger partial charge in [0.2, 0.25) is 5.91 Å². The third-order valence-electron chi connectivity index (χ3n) is 5.67. The van der Waals surface area contributed by atoms with E-state index in [1.54, 1.807) is 6.92 Å². The van der Waals surface area contributed by atoms with Crippen LogP contribution in [-0.2, 0) is 14.3 Å². The molecule has 168 valence electrons. The average Bonchev–Trinajstić information content (AvgIpc) is 2.73. The van der Waals surface area contributed by atoms with Crippen LogP contribution >= 0.6 is 0 Å². The Morgan fingerprint density at radius 1 is 1.13 bits per heavy atom. The lowest BCUT2D eigenvalue weighted by atomic mass is 10.1. The van der Waals surface area contributed by atoms with Crippen LogP contribution in [0.5, 0.6) is 0 Å². The Morgan fingerprint density at radius 2 is 1.84 bits per heavy atom. The second-order valence-corrected chi connectivity index (χ2v) is 7.83. The van der Waals surface area contributed by atoms with Crippen LogP contribution in [0.25, 0.3) is 0 Å². The summed E-state index contributed by atoms with van der Waals surface area (Å²) in [4.78, 5) is 40.7. The first-order valence-electron chi connectivity index (χ1n) is 10.6. The summed E-state index contributed by atoms with van der Waals surface area (Å²) >= 11 is 0. The van der Waals surface area contributed by atoms with Gasteiger partial charge in [0.25, 0.3) is 0 Å². The molecule has 1 aromatic rings. The van der Waals surface area contributed by atoms with E-state index < -0.39 is 5.97 Å². The van der Waals surface area contributed by atoms with Crippen molar-refractivity contribution in [3.05, 3.63) is 40.6 Å². The van der Waals surface area contributed by atoms with Crippen molar-refractivity contribution in [3.8, 4) is 0 Å². The highest BCUT2D eigenvalue weighted by Gasteiger charge is 2.26. The number of benzene rings is 1. The van der Waals surface area contributed by atoms with Crippen LogP contribution in [0.4, 0.5) is 10.5 Å². The maximum absolute atomic E-state index is 12.5. The number of anilines is 1. The summed E-state index contributed by atoms with van der Waals surface area (Å²) in [5, 5.41) is 8.36. The standard InChI is InChI=1S/C22H31N5O4/c1-4-31-21(29)17-12-23-22(30)25-19(17)13-26-8-10-27(11-9-26)14-20(28)24-18-7-5-6-15(2)16(18)3/h5-7H,4,8-14H2,1-3H3,(H,24,28)(H2,23,25,30). The summed E-state index contributed by atoms with van der Waals surface area (Å²) in [5.41, 5.74) is 4.12. The zero-order valence-electron chi connectivity index (χ0n) is 18.4.